The number of halogens is 1. The van der Waals surface area contributed by atoms with Crippen LogP contribution < -0.4 is 5.32 Å². The van der Waals surface area contributed by atoms with Gasteiger partial charge in [-0.15, -0.1) is 0 Å². The molecule has 3 N–H and O–H groups in total. The van der Waals surface area contributed by atoms with Crippen LogP contribution in [-0.4, -0.2) is 44.1 Å². The number of rotatable bonds is 4. The molecule has 0 aromatic carbocycles. The Morgan fingerprint density at radius 1 is 1.55 bits per heavy atom. The van der Waals surface area contributed by atoms with Crippen LogP contribution in [0.25, 0.3) is 5.65 Å². The highest BCUT2D eigenvalue weighted by Gasteiger charge is 2.23. The molecule has 2 aromatic rings. The predicted octanol–water partition coefficient (Wildman–Crippen LogP) is 0.471. The minimum atomic E-state index is -1.36. The van der Waals surface area contributed by atoms with Gasteiger partial charge in [0.25, 0.3) is 5.91 Å². The number of carboxylic acids is 1. The van der Waals surface area contributed by atoms with Crippen molar-refractivity contribution in [3.05, 3.63) is 34.7 Å². The van der Waals surface area contributed by atoms with Crippen molar-refractivity contribution < 1.29 is 19.8 Å². The van der Waals surface area contributed by atoms with Gasteiger partial charge in [0.2, 0.25) is 0 Å². The van der Waals surface area contributed by atoms with Crippen LogP contribution in [0.15, 0.2) is 18.3 Å². The second kappa shape index (κ2) is 5.48. The number of aryl methyl sites for hydroxylation is 1. The molecule has 0 aliphatic rings. The van der Waals surface area contributed by atoms with E-state index in [1.54, 1.807) is 25.3 Å². The Morgan fingerprint density at radius 2 is 2.25 bits per heavy atom. The molecule has 8 heteroatoms. The van der Waals surface area contributed by atoms with Gasteiger partial charge in [-0.3, -0.25) is 9.20 Å². The van der Waals surface area contributed by atoms with Crippen LogP contribution in [0, 0.1) is 6.92 Å². The van der Waals surface area contributed by atoms with Crippen molar-refractivity contribution in [2.75, 3.05) is 6.61 Å². The fourth-order valence-electron chi connectivity index (χ4n) is 1.82. The average molecular weight is 298 g/mol. The summed E-state index contributed by atoms with van der Waals surface area (Å²) in [5.74, 6) is -1.94. The minimum Gasteiger partial charge on any atom is -0.480 e. The van der Waals surface area contributed by atoms with Gasteiger partial charge in [0, 0.05) is 17.3 Å². The SMILES string of the molecule is Cc1nc2cc(Cl)ccn2c1C(=O)NC(CO)C(=O)O. The highest BCUT2D eigenvalue weighted by atomic mass is 35.5. The molecule has 7 nitrogen and oxygen atoms in total. The molecule has 0 aliphatic carbocycles. The number of carbonyl (C=O) groups excluding carboxylic acids is 1. The first-order valence-electron chi connectivity index (χ1n) is 5.72. The van der Waals surface area contributed by atoms with Gasteiger partial charge in [-0.05, 0) is 13.0 Å². The zero-order chi connectivity index (χ0) is 14.9. The third-order valence-corrected chi connectivity index (χ3v) is 3.00. The molecule has 2 rings (SSSR count). The summed E-state index contributed by atoms with van der Waals surface area (Å²) in [4.78, 5) is 27.1. The normalized spacial score (nSPS) is 12.3. The molecule has 0 saturated carbocycles. The van der Waals surface area contributed by atoms with Gasteiger partial charge in [-0.25, -0.2) is 9.78 Å². The molecule has 0 aliphatic heterocycles. The van der Waals surface area contributed by atoms with Crippen LogP contribution in [0.1, 0.15) is 16.2 Å². The molecular weight excluding hydrogens is 286 g/mol. The summed E-state index contributed by atoms with van der Waals surface area (Å²) < 4.78 is 1.51. The Morgan fingerprint density at radius 3 is 2.85 bits per heavy atom. The van der Waals surface area contributed by atoms with E-state index in [-0.39, 0.29) is 5.69 Å². The largest absolute Gasteiger partial charge is 0.480 e. The Balaban J connectivity index is 2.39. The molecule has 20 heavy (non-hydrogen) atoms. The van der Waals surface area contributed by atoms with Crippen molar-refractivity contribution in [1.29, 1.82) is 0 Å². The van der Waals surface area contributed by atoms with Crippen LogP contribution in [0.5, 0.6) is 0 Å². The first kappa shape index (κ1) is 14.3. The van der Waals surface area contributed by atoms with Crippen LogP contribution in [-0.2, 0) is 4.79 Å². The summed E-state index contributed by atoms with van der Waals surface area (Å²) in [6.45, 7) is 0.938. The van der Waals surface area contributed by atoms with E-state index in [1.165, 1.54) is 4.40 Å². The number of nitrogens with one attached hydrogen (secondary N) is 1. The number of aliphatic hydroxyl groups excluding tert-OH is 1. The van der Waals surface area contributed by atoms with Crippen molar-refractivity contribution in [3.8, 4) is 0 Å². The van der Waals surface area contributed by atoms with Gasteiger partial charge >= 0.3 is 5.97 Å². The number of amides is 1. The number of carboxylic acid groups (broad SMARTS) is 1. The van der Waals surface area contributed by atoms with E-state index in [2.05, 4.69) is 10.3 Å². The maximum absolute atomic E-state index is 12.1. The van der Waals surface area contributed by atoms with E-state index >= 15 is 0 Å². The second-order valence-corrected chi connectivity index (χ2v) is 4.60. The summed E-state index contributed by atoms with van der Waals surface area (Å²) in [5.41, 5.74) is 1.12. The molecule has 0 radical (unpaired) electrons. The molecule has 0 bridgehead atoms. The smallest absolute Gasteiger partial charge is 0.328 e. The highest BCUT2D eigenvalue weighted by molar-refractivity contribution is 6.30. The zero-order valence-electron chi connectivity index (χ0n) is 10.5. The van der Waals surface area contributed by atoms with Crippen molar-refractivity contribution in [2.45, 2.75) is 13.0 Å². The van der Waals surface area contributed by atoms with Gasteiger partial charge in [-0.2, -0.15) is 0 Å². The third kappa shape index (κ3) is 2.59. The van der Waals surface area contributed by atoms with E-state index in [1.807, 2.05) is 0 Å². The Bertz CT molecular complexity index is 683. The molecule has 2 heterocycles. The number of pyridine rings is 1. The molecule has 1 unspecified atom stereocenters. The van der Waals surface area contributed by atoms with E-state index in [4.69, 9.17) is 21.8 Å². The van der Waals surface area contributed by atoms with Crippen molar-refractivity contribution >= 4 is 29.1 Å². The summed E-state index contributed by atoms with van der Waals surface area (Å²) in [5, 5.41) is 20.5. The first-order valence-corrected chi connectivity index (χ1v) is 6.10. The number of hydrogen-bond donors (Lipinski definition) is 3. The maximum Gasteiger partial charge on any atom is 0.328 e. The lowest BCUT2D eigenvalue weighted by molar-refractivity contribution is -0.140. The van der Waals surface area contributed by atoms with Gasteiger partial charge in [0.1, 0.15) is 11.3 Å². The number of aliphatic carboxylic acids is 1. The van der Waals surface area contributed by atoms with Gasteiger partial charge in [0.15, 0.2) is 6.04 Å². The molecule has 0 saturated heterocycles. The van der Waals surface area contributed by atoms with E-state index in [0.717, 1.165) is 0 Å². The van der Waals surface area contributed by atoms with Crippen molar-refractivity contribution in [3.63, 3.8) is 0 Å². The number of fused-ring (bicyclic) bond motifs is 1. The topological polar surface area (TPSA) is 104 Å². The fraction of sp³-hybridized carbons (Fsp3) is 0.250. The highest BCUT2D eigenvalue weighted by Crippen LogP contribution is 2.16. The molecular formula is C12H12ClN3O4. The Labute approximate surface area is 118 Å². The zero-order valence-corrected chi connectivity index (χ0v) is 11.3. The summed E-state index contributed by atoms with van der Waals surface area (Å²) in [7, 11) is 0. The number of aromatic nitrogens is 2. The van der Waals surface area contributed by atoms with Crippen molar-refractivity contribution in [1.82, 2.24) is 14.7 Å². The molecule has 2 aromatic heterocycles. The molecule has 1 atom stereocenters. The van der Waals surface area contributed by atoms with Gasteiger partial charge < -0.3 is 15.5 Å². The fourth-order valence-corrected chi connectivity index (χ4v) is 1.98. The van der Waals surface area contributed by atoms with Crippen LogP contribution in [0.2, 0.25) is 5.02 Å². The monoisotopic (exact) mass is 297 g/mol. The lowest BCUT2D eigenvalue weighted by atomic mass is 10.2. The van der Waals surface area contributed by atoms with Crippen LogP contribution in [0.3, 0.4) is 0 Å². The van der Waals surface area contributed by atoms with Gasteiger partial charge in [0.05, 0.1) is 12.3 Å². The summed E-state index contributed by atoms with van der Waals surface area (Å²) in [6, 6.07) is 1.82. The second-order valence-electron chi connectivity index (χ2n) is 4.17. The molecule has 1 amide bonds. The van der Waals surface area contributed by atoms with Crippen LogP contribution >= 0.6 is 11.6 Å². The number of aliphatic hydroxyl groups is 1. The van der Waals surface area contributed by atoms with E-state index < -0.39 is 24.5 Å². The predicted molar refractivity (Wildman–Crippen MR) is 70.9 cm³/mol. The first-order chi connectivity index (χ1) is 9.43. The molecule has 0 spiro atoms. The Hall–Kier alpha value is -2.12. The average Bonchev–Trinajstić information content (AvgIpc) is 2.70. The maximum atomic E-state index is 12.1. The Kier molecular flexibility index (Phi) is 3.91. The standard InChI is InChI=1S/C12H12ClN3O4/c1-6-10(11(18)15-8(5-17)12(19)20)16-3-2-7(13)4-9(16)14-6/h2-4,8,17H,5H2,1H3,(H,15,18)(H,19,20). The number of carbonyl (C=O) groups is 2. The van der Waals surface area contributed by atoms with E-state index in [9.17, 15) is 9.59 Å². The molecule has 0 fully saturated rings. The number of nitrogens with zero attached hydrogens (tertiary/aromatic N) is 2. The van der Waals surface area contributed by atoms with E-state index in [0.29, 0.717) is 16.4 Å². The third-order valence-electron chi connectivity index (χ3n) is 2.76. The lowest BCUT2D eigenvalue weighted by Gasteiger charge is -2.11. The minimum absolute atomic E-state index is 0.205. The van der Waals surface area contributed by atoms with Gasteiger partial charge in [-0.1, -0.05) is 11.6 Å². The number of hydrogen-bond acceptors (Lipinski definition) is 4. The lowest BCUT2D eigenvalue weighted by Crippen LogP contribution is -2.43. The molecule has 106 valence electrons. The van der Waals surface area contributed by atoms with Crippen LogP contribution in [0.4, 0.5) is 0 Å². The summed E-state index contributed by atoms with van der Waals surface area (Å²) in [6.07, 6.45) is 1.57. The quantitative estimate of drug-likeness (QED) is 0.761. The van der Waals surface area contributed by atoms with Crippen molar-refractivity contribution in [2.24, 2.45) is 0 Å². The number of imidazole rings is 1. The summed E-state index contributed by atoms with van der Waals surface area (Å²) >= 11 is 5.84.